The lowest BCUT2D eigenvalue weighted by Crippen LogP contribution is -2.24. The van der Waals surface area contributed by atoms with Crippen molar-refractivity contribution >= 4 is 5.97 Å². The van der Waals surface area contributed by atoms with E-state index in [1.807, 2.05) is 0 Å². The molecular formula is C10H10F3NO3. The highest BCUT2D eigenvalue weighted by Gasteiger charge is 2.31. The maximum Gasteiger partial charge on any atom is 0.573 e. The largest absolute Gasteiger partial charge is 0.573 e. The van der Waals surface area contributed by atoms with Crippen LogP contribution in [0.25, 0.3) is 0 Å². The molecule has 0 aromatic heterocycles. The Bertz CT molecular complexity index is 389. The Morgan fingerprint density at radius 1 is 1.35 bits per heavy atom. The van der Waals surface area contributed by atoms with Gasteiger partial charge in [-0.15, -0.1) is 13.2 Å². The molecule has 1 atom stereocenters. The second-order valence-electron chi connectivity index (χ2n) is 3.18. The number of halogens is 3. The van der Waals surface area contributed by atoms with Crippen molar-refractivity contribution in [2.75, 3.05) is 7.05 Å². The van der Waals surface area contributed by atoms with Gasteiger partial charge in [-0.05, 0) is 24.7 Å². The van der Waals surface area contributed by atoms with Gasteiger partial charge in [0.1, 0.15) is 11.8 Å². The molecule has 0 saturated heterocycles. The van der Waals surface area contributed by atoms with E-state index >= 15 is 0 Å². The van der Waals surface area contributed by atoms with Crippen LogP contribution < -0.4 is 10.1 Å². The predicted octanol–water partition coefficient (Wildman–Crippen LogP) is 1.93. The molecule has 4 nitrogen and oxygen atoms in total. The highest BCUT2D eigenvalue weighted by molar-refractivity contribution is 5.75. The Morgan fingerprint density at radius 3 is 2.24 bits per heavy atom. The van der Waals surface area contributed by atoms with Crippen LogP contribution in [0.4, 0.5) is 13.2 Å². The number of likely N-dealkylation sites (N-methyl/N-ethyl adjacent to an activating group) is 1. The Kier molecular flexibility index (Phi) is 3.95. The van der Waals surface area contributed by atoms with E-state index in [2.05, 4.69) is 10.1 Å². The van der Waals surface area contributed by atoms with Crippen molar-refractivity contribution in [2.24, 2.45) is 0 Å². The number of carboxylic acid groups (broad SMARTS) is 1. The number of hydrogen-bond acceptors (Lipinski definition) is 3. The smallest absolute Gasteiger partial charge is 0.480 e. The molecule has 7 heteroatoms. The van der Waals surface area contributed by atoms with Crippen molar-refractivity contribution in [1.82, 2.24) is 5.32 Å². The van der Waals surface area contributed by atoms with Crippen LogP contribution >= 0.6 is 0 Å². The van der Waals surface area contributed by atoms with Crippen molar-refractivity contribution in [1.29, 1.82) is 0 Å². The SMILES string of the molecule is CNC(C(=O)O)c1ccc(OC(F)(F)F)cc1. The lowest BCUT2D eigenvalue weighted by Gasteiger charge is -2.13. The number of nitrogens with one attached hydrogen (secondary N) is 1. The van der Waals surface area contributed by atoms with E-state index in [9.17, 15) is 18.0 Å². The topological polar surface area (TPSA) is 58.6 Å². The number of alkyl halides is 3. The monoisotopic (exact) mass is 249 g/mol. The van der Waals surface area contributed by atoms with Crippen molar-refractivity contribution in [3.63, 3.8) is 0 Å². The minimum Gasteiger partial charge on any atom is -0.480 e. The summed E-state index contributed by atoms with van der Waals surface area (Å²) < 4.78 is 39.3. The van der Waals surface area contributed by atoms with E-state index in [-0.39, 0.29) is 5.75 Å². The van der Waals surface area contributed by atoms with Crippen LogP contribution in [0.15, 0.2) is 24.3 Å². The molecule has 17 heavy (non-hydrogen) atoms. The fourth-order valence-electron chi connectivity index (χ4n) is 1.29. The van der Waals surface area contributed by atoms with E-state index in [1.165, 1.54) is 19.2 Å². The third-order valence-electron chi connectivity index (χ3n) is 1.98. The van der Waals surface area contributed by atoms with Gasteiger partial charge in [0.05, 0.1) is 0 Å². The van der Waals surface area contributed by atoms with Crippen LogP contribution in [-0.2, 0) is 4.79 Å². The molecule has 2 N–H and O–H groups in total. The summed E-state index contributed by atoms with van der Waals surface area (Å²) in [6, 6.07) is 3.69. The molecule has 0 amide bonds. The van der Waals surface area contributed by atoms with Crippen LogP contribution in [0, 0.1) is 0 Å². The molecule has 0 heterocycles. The zero-order valence-electron chi connectivity index (χ0n) is 8.78. The summed E-state index contributed by atoms with van der Waals surface area (Å²) in [5, 5.41) is 11.3. The summed E-state index contributed by atoms with van der Waals surface area (Å²) in [4.78, 5) is 10.8. The summed E-state index contributed by atoms with van der Waals surface area (Å²) in [5.74, 6) is -1.50. The van der Waals surface area contributed by atoms with E-state index in [0.717, 1.165) is 12.1 Å². The van der Waals surface area contributed by atoms with Gasteiger partial charge in [0, 0.05) is 0 Å². The summed E-state index contributed by atoms with van der Waals surface area (Å²) in [7, 11) is 1.44. The molecular weight excluding hydrogens is 239 g/mol. The summed E-state index contributed by atoms with van der Waals surface area (Å²) in [6.07, 6.45) is -4.75. The second-order valence-corrected chi connectivity index (χ2v) is 3.18. The lowest BCUT2D eigenvalue weighted by molar-refractivity contribution is -0.274. The molecule has 94 valence electrons. The molecule has 1 unspecified atom stereocenters. The maximum atomic E-state index is 11.9. The fourth-order valence-corrected chi connectivity index (χ4v) is 1.29. The first-order chi connectivity index (χ1) is 7.83. The van der Waals surface area contributed by atoms with Gasteiger partial charge >= 0.3 is 12.3 Å². The first kappa shape index (κ1) is 13.3. The first-order valence-electron chi connectivity index (χ1n) is 4.59. The highest BCUT2D eigenvalue weighted by Crippen LogP contribution is 2.24. The zero-order chi connectivity index (χ0) is 13.1. The number of rotatable bonds is 4. The van der Waals surface area contributed by atoms with Crippen LogP contribution in [0.5, 0.6) is 5.75 Å². The molecule has 0 saturated carbocycles. The van der Waals surface area contributed by atoms with Gasteiger partial charge in [0.15, 0.2) is 0 Å². The van der Waals surface area contributed by atoms with Crippen molar-refractivity contribution < 1.29 is 27.8 Å². The van der Waals surface area contributed by atoms with Gasteiger partial charge < -0.3 is 15.2 Å². The Hall–Kier alpha value is -1.76. The number of carbonyl (C=O) groups is 1. The number of ether oxygens (including phenoxy) is 1. The zero-order valence-corrected chi connectivity index (χ0v) is 8.78. The quantitative estimate of drug-likeness (QED) is 0.856. The van der Waals surface area contributed by atoms with Gasteiger partial charge in [-0.2, -0.15) is 0 Å². The van der Waals surface area contributed by atoms with Gasteiger partial charge in [-0.3, -0.25) is 4.79 Å². The third kappa shape index (κ3) is 3.95. The minimum atomic E-state index is -4.75. The predicted molar refractivity (Wildman–Crippen MR) is 52.6 cm³/mol. The average molecular weight is 249 g/mol. The Balaban J connectivity index is 2.84. The van der Waals surface area contributed by atoms with Gasteiger partial charge in [0.2, 0.25) is 0 Å². The van der Waals surface area contributed by atoms with Crippen LogP contribution in [0.3, 0.4) is 0 Å². The standard InChI is InChI=1S/C10H10F3NO3/c1-14-8(9(15)16)6-2-4-7(5-3-6)17-10(11,12)13/h2-5,8,14H,1H3,(H,15,16). The molecule has 0 radical (unpaired) electrons. The molecule has 0 aliphatic rings. The van der Waals surface area contributed by atoms with Gasteiger partial charge in [0.25, 0.3) is 0 Å². The van der Waals surface area contributed by atoms with Crippen molar-refractivity contribution in [3.05, 3.63) is 29.8 Å². The number of carboxylic acids is 1. The number of aliphatic carboxylic acids is 1. The molecule has 1 rings (SSSR count). The average Bonchev–Trinajstić information content (AvgIpc) is 2.18. The molecule has 0 aliphatic carbocycles. The van der Waals surface area contributed by atoms with E-state index in [0.29, 0.717) is 5.56 Å². The van der Waals surface area contributed by atoms with Gasteiger partial charge in [-0.1, -0.05) is 12.1 Å². The highest BCUT2D eigenvalue weighted by atomic mass is 19.4. The minimum absolute atomic E-state index is 0.342. The van der Waals surface area contributed by atoms with Crippen molar-refractivity contribution in [2.45, 2.75) is 12.4 Å². The van der Waals surface area contributed by atoms with E-state index in [1.54, 1.807) is 0 Å². The Morgan fingerprint density at radius 2 is 1.88 bits per heavy atom. The molecule has 1 aromatic rings. The molecule has 0 fully saturated rings. The molecule has 0 aliphatic heterocycles. The first-order valence-corrected chi connectivity index (χ1v) is 4.59. The third-order valence-corrected chi connectivity index (χ3v) is 1.98. The van der Waals surface area contributed by atoms with E-state index in [4.69, 9.17) is 5.11 Å². The summed E-state index contributed by atoms with van der Waals surface area (Å²) >= 11 is 0. The second kappa shape index (κ2) is 5.05. The summed E-state index contributed by atoms with van der Waals surface area (Å²) in [5.41, 5.74) is 0.342. The normalized spacial score (nSPS) is 13.2. The van der Waals surface area contributed by atoms with E-state index < -0.39 is 18.4 Å². The Labute approximate surface area is 95.0 Å². The lowest BCUT2D eigenvalue weighted by atomic mass is 10.1. The fraction of sp³-hybridized carbons (Fsp3) is 0.300. The van der Waals surface area contributed by atoms with Crippen LogP contribution in [0.1, 0.15) is 11.6 Å². The molecule has 0 bridgehead atoms. The maximum absolute atomic E-state index is 11.9. The van der Waals surface area contributed by atoms with Crippen LogP contribution in [-0.4, -0.2) is 24.5 Å². The molecule has 0 spiro atoms. The number of benzene rings is 1. The van der Waals surface area contributed by atoms with Gasteiger partial charge in [-0.25, -0.2) is 0 Å². The molecule has 1 aromatic carbocycles. The van der Waals surface area contributed by atoms with Crippen LogP contribution in [0.2, 0.25) is 0 Å². The number of hydrogen-bond donors (Lipinski definition) is 2. The summed E-state index contributed by atoms with van der Waals surface area (Å²) in [6.45, 7) is 0. The van der Waals surface area contributed by atoms with Crippen molar-refractivity contribution in [3.8, 4) is 5.75 Å².